The number of rotatable bonds is 5. The molecule has 0 unspecified atom stereocenters. The molecule has 1 heterocycles. The van der Waals surface area contributed by atoms with E-state index in [-0.39, 0.29) is 12.5 Å². The largest absolute Gasteiger partial charge is 0.480 e. The maximum Gasteiger partial charge on any atom is 0.407 e. The van der Waals surface area contributed by atoms with Crippen LogP contribution < -0.4 is 5.32 Å². The molecule has 0 spiro atoms. The highest BCUT2D eigenvalue weighted by Crippen LogP contribution is 2.44. The third kappa shape index (κ3) is 3.06. The minimum atomic E-state index is -1.09. The van der Waals surface area contributed by atoms with E-state index in [0.717, 1.165) is 22.3 Å². The number of aliphatic carboxylic acids is 1. The minimum absolute atomic E-state index is 0.0611. The summed E-state index contributed by atoms with van der Waals surface area (Å²) < 4.78 is 10.5. The zero-order chi connectivity index (χ0) is 19.0. The van der Waals surface area contributed by atoms with Crippen LogP contribution in [0.2, 0.25) is 0 Å². The molecule has 2 aromatic rings. The number of carbonyl (C=O) groups is 2. The maximum absolute atomic E-state index is 12.3. The summed E-state index contributed by atoms with van der Waals surface area (Å²) in [4.78, 5) is 23.8. The SMILES string of the molecule is CC1([C@@H](NC(=O)OCC2c3ccccc3-c3ccccc32)C(=O)O)COC1. The lowest BCUT2D eigenvalue weighted by Crippen LogP contribution is -2.60. The van der Waals surface area contributed by atoms with Crippen molar-refractivity contribution in [2.24, 2.45) is 5.41 Å². The van der Waals surface area contributed by atoms with E-state index >= 15 is 0 Å². The third-order valence-electron chi connectivity index (χ3n) is 5.41. The van der Waals surface area contributed by atoms with Crippen molar-refractivity contribution >= 4 is 12.1 Å². The van der Waals surface area contributed by atoms with Crippen LogP contribution in [0.15, 0.2) is 48.5 Å². The van der Waals surface area contributed by atoms with Gasteiger partial charge in [0.1, 0.15) is 12.6 Å². The quantitative estimate of drug-likeness (QED) is 0.849. The van der Waals surface area contributed by atoms with Crippen molar-refractivity contribution in [2.45, 2.75) is 18.9 Å². The average molecular weight is 367 g/mol. The molecular formula is C21H21NO5. The number of alkyl carbamates (subject to hydrolysis) is 1. The lowest BCUT2D eigenvalue weighted by atomic mass is 9.80. The Labute approximate surface area is 157 Å². The number of nitrogens with one attached hydrogen (secondary N) is 1. The molecule has 1 atom stereocenters. The highest BCUT2D eigenvalue weighted by atomic mass is 16.5. The van der Waals surface area contributed by atoms with Crippen LogP contribution in [0.5, 0.6) is 0 Å². The molecule has 140 valence electrons. The van der Waals surface area contributed by atoms with Gasteiger partial charge < -0.3 is 19.9 Å². The summed E-state index contributed by atoms with van der Waals surface area (Å²) in [6, 6.07) is 15.1. The zero-order valence-electron chi connectivity index (χ0n) is 15.0. The van der Waals surface area contributed by atoms with Crippen LogP contribution in [0.3, 0.4) is 0 Å². The summed E-state index contributed by atoms with van der Waals surface area (Å²) in [5, 5.41) is 11.9. The Morgan fingerprint density at radius 1 is 1.15 bits per heavy atom. The molecule has 0 saturated carbocycles. The molecule has 1 fully saturated rings. The van der Waals surface area contributed by atoms with Crippen LogP contribution >= 0.6 is 0 Å². The molecule has 1 saturated heterocycles. The molecule has 6 heteroatoms. The summed E-state index contributed by atoms with van der Waals surface area (Å²) in [5.41, 5.74) is 3.90. The van der Waals surface area contributed by atoms with Gasteiger partial charge in [0.25, 0.3) is 0 Å². The van der Waals surface area contributed by atoms with Crippen molar-refractivity contribution in [3.05, 3.63) is 59.7 Å². The van der Waals surface area contributed by atoms with Gasteiger partial charge in [0.05, 0.1) is 13.2 Å². The predicted molar refractivity (Wildman–Crippen MR) is 98.6 cm³/mol. The number of amides is 1. The Balaban J connectivity index is 1.47. The lowest BCUT2D eigenvalue weighted by Gasteiger charge is -2.42. The molecule has 0 radical (unpaired) electrons. The number of carboxylic acids is 1. The van der Waals surface area contributed by atoms with E-state index in [1.54, 1.807) is 6.92 Å². The van der Waals surface area contributed by atoms with E-state index in [4.69, 9.17) is 9.47 Å². The first kappa shape index (κ1) is 17.5. The Hall–Kier alpha value is -2.86. The average Bonchev–Trinajstić information content (AvgIpc) is 2.96. The number of hydrogen-bond donors (Lipinski definition) is 2. The molecule has 1 amide bonds. The number of carbonyl (C=O) groups excluding carboxylic acids is 1. The van der Waals surface area contributed by atoms with Gasteiger partial charge in [-0.25, -0.2) is 9.59 Å². The molecule has 1 aliphatic carbocycles. The number of fused-ring (bicyclic) bond motifs is 3. The van der Waals surface area contributed by atoms with Crippen LogP contribution in [-0.4, -0.2) is 43.0 Å². The van der Waals surface area contributed by atoms with Gasteiger partial charge in [-0.1, -0.05) is 55.5 Å². The van der Waals surface area contributed by atoms with Crippen molar-refractivity contribution in [1.82, 2.24) is 5.32 Å². The second-order valence-electron chi connectivity index (χ2n) is 7.39. The van der Waals surface area contributed by atoms with Crippen molar-refractivity contribution < 1.29 is 24.2 Å². The van der Waals surface area contributed by atoms with E-state index in [2.05, 4.69) is 17.4 Å². The molecule has 4 rings (SSSR count). The fraction of sp³-hybridized carbons (Fsp3) is 0.333. The van der Waals surface area contributed by atoms with E-state index in [0.29, 0.717) is 13.2 Å². The standard InChI is InChI=1S/C21H21NO5/c1-21(11-26-12-21)18(19(23)24)22-20(25)27-10-17-15-8-4-2-6-13(15)14-7-3-5-9-16(14)17/h2-9,17-18H,10-12H2,1H3,(H,22,25)(H,23,24)/t18-/m0/s1. The number of hydrogen-bond acceptors (Lipinski definition) is 4. The summed E-state index contributed by atoms with van der Waals surface area (Å²) >= 11 is 0. The predicted octanol–water partition coefficient (Wildman–Crippen LogP) is 3.01. The van der Waals surface area contributed by atoms with Crippen molar-refractivity contribution in [2.75, 3.05) is 19.8 Å². The molecule has 27 heavy (non-hydrogen) atoms. The third-order valence-corrected chi connectivity index (χ3v) is 5.41. The Kier molecular flexibility index (Phi) is 4.36. The van der Waals surface area contributed by atoms with Crippen LogP contribution in [0.25, 0.3) is 11.1 Å². The van der Waals surface area contributed by atoms with Gasteiger partial charge in [-0.15, -0.1) is 0 Å². The first-order valence-corrected chi connectivity index (χ1v) is 8.92. The molecular weight excluding hydrogens is 346 g/mol. The van der Waals surface area contributed by atoms with Gasteiger partial charge in [0.2, 0.25) is 0 Å². The van der Waals surface area contributed by atoms with Crippen molar-refractivity contribution in [3.63, 3.8) is 0 Å². The van der Waals surface area contributed by atoms with E-state index < -0.39 is 23.5 Å². The number of ether oxygens (including phenoxy) is 2. The molecule has 0 bridgehead atoms. The smallest absolute Gasteiger partial charge is 0.407 e. The molecule has 1 aliphatic heterocycles. The van der Waals surface area contributed by atoms with Crippen LogP contribution in [0, 0.1) is 5.41 Å². The molecule has 6 nitrogen and oxygen atoms in total. The van der Waals surface area contributed by atoms with Crippen LogP contribution in [-0.2, 0) is 14.3 Å². The summed E-state index contributed by atoms with van der Waals surface area (Å²) in [6.45, 7) is 2.53. The highest BCUT2D eigenvalue weighted by molar-refractivity contribution is 5.81. The van der Waals surface area contributed by atoms with E-state index in [1.807, 2.05) is 36.4 Å². The molecule has 2 aliphatic rings. The fourth-order valence-electron chi connectivity index (χ4n) is 3.88. The van der Waals surface area contributed by atoms with Gasteiger partial charge in [0.15, 0.2) is 0 Å². The summed E-state index contributed by atoms with van der Waals surface area (Å²) in [5.74, 6) is -1.15. The minimum Gasteiger partial charge on any atom is -0.480 e. The lowest BCUT2D eigenvalue weighted by molar-refractivity contribution is -0.161. The molecule has 2 N–H and O–H groups in total. The van der Waals surface area contributed by atoms with Crippen molar-refractivity contribution in [3.8, 4) is 11.1 Å². The van der Waals surface area contributed by atoms with Crippen LogP contribution in [0.4, 0.5) is 4.79 Å². The second-order valence-corrected chi connectivity index (χ2v) is 7.39. The Morgan fingerprint density at radius 2 is 1.70 bits per heavy atom. The Morgan fingerprint density at radius 3 is 2.19 bits per heavy atom. The number of carboxylic acid groups (broad SMARTS) is 1. The fourth-order valence-corrected chi connectivity index (χ4v) is 3.88. The normalized spacial score (nSPS) is 18.0. The molecule has 0 aromatic heterocycles. The second kappa shape index (κ2) is 6.70. The summed E-state index contributed by atoms with van der Waals surface area (Å²) in [7, 11) is 0. The molecule has 2 aromatic carbocycles. The Bertz CT molecular complexity index is 844. The summed E-state index contributed by atoms with van der Waals surface area (Å²) in [6.07, 6.45) is -0.725. The zero-order valence-corrected chi connectivity index (χ0v) is 15.0. The first-order chi connectivity index (χ1) is 13.0. The first-order valence-electron chi connectivity index (χ1n) is 8.92. The van der Waals surface area contributed by atoms with E-state index in [9.17, 15) is 14.7 Å². The van der Waals surface area contributed by atoms with Gasteiger partial charge >= 0.3 is 12.1 Å². The maximum atomic E-state index is 12.3. The van der Waals surface area contributed by atoms with Crippen LogP contribution in [0.1, 0.15) is 24.0 Å². The monoisotopic (exact) mass is 367 g/mol. The van der Waals surface area contributed by atoms with E-state index in [1.165, 1.54) is 0 Å². The topological polar surface area (TPSA) is 84.9 Å². The van der Waals surface area contributed by atoms with Crippen molar-refractivity contribution in [1.29, 1.82) is 0 Å². The van der Waals surface area contributed by atoms with Gasteiger partial charge in [-0.05, 0) is 22.3 Å². The highest BCUT2D eigenvalue weighted by Gasteiger charge is 2.46. The van der Waals surface area contributed by atoms with Gasteiger partial charge in [0, 0.05) is 11.3 Å². The van der Waals surface area contributed by atoms with Gasteiger partial charge in [-0.3, -0.25) is 0 Å². The van der Waals surface area contributed by atoms with Gasteiger partial charge in [-0.2, -0.15) is 0 Å². The number of benzene rings is 2.